The second kappa shape index (κ2) is 6.34. The highest BCUT2D eigenvalue weighted by Crippen LogP contribution is 2.19. The highest BCUT2D eigenvalue weighted by atomic mass is 16.6. The van der Waals surface area contributed by atoms with Crippen LogP contribution in [0.3, 0.4) is 0 Å². The summed E-state index contributed by atoms with van der Waals surface area (Å²) in [5.41, 5.74) is 1.40. The maximum absolute atomic E-state index is 12.3. The Bertz CT molecular complexity index is 617. The molecule has 0 aliphatic heterocycles. The number of carbonyl (C=O) groups excluding carboxylic acids is 2. The first kappa shape index (κ1) is 14.3. The van der Waals surface area contributed by atoms with Gasteiger partial charge in [-0.3, -0.25) is 4.79 Å². The molecule has 0 spiro atoms. The van der Waals surface area contributed by atoms with Gasteiger partial charge in [0.2, 0.25) is 5.78 Å². The van der Waals surface area contributed by atoms with Crippen LogP contribution in [-0.2, 0) is 14.3 Å². The van der Waals surface area contributed by atoms with Crippen LogP contribution in [0.5, 0.6) is 0 Å². The van der Waals surface area contributed by atoms with Crippen molar-refractivity contribution in [2.45, 2.75) is 20.0 Å². The molecule has 106 valence electrons. The monoisotopic (exact) mass is 275 g/mol. The SMILES string of the molecule is CCOCC(=O)O[C@H](C)C(=O)c1c[nH]c2ccccc12. The molecule has 0 radical (unpaired) electrons. The molecule has 0 aliphatic carbocycles. The van der Waals surface area contributed by atoms with Crippen molar-refractivity contribution in [2.24, 2.45) is 0 Å². The van der Waals surface area contributed by atoms with Crippen molar-refractivity contribution in [3.63, 3.8) is 0 Å². The Kier molecular flexibility index (Phi) is 4.53. The van der Waals surface area contributed by atoms with E-state index in [0.717, 1.165) is 10.9 Å². The van der Waals surface area contributed by atoms with E-state index in [9.17, 15) is 9.59 Å². The lowest BCUT2D eigenvalue weighted by Crippen LogP contribution is -2.26. The summed E-state index contributed by atoms with van der Waals surface area (Å²) < 4.78 is 10.0. The van der Waals surface area contributed by atoms with Crippen molar-refractivity contribution in [3.8, 4) is 0 Å². The fraction of sp³-hybridized carbons (Fsp3) is 0.333. The van der Waals surface area contributed by atoms with Gasteiger partial charge in [-0.05, 0) is 19.9 Å². The van der Waals surface area contributed by atoms with Crippen LogP contribution in [0.25, 0.3) is 10.9 Å². The number of ketones is 1. The lowest BCUT2D eigenvalue weighted by molar-refractivity contribution is -0.151. The second-order valence-corrected chi connectivity index (χ2v) is 4.38. The van der Waals surface area contributed by atoms with Gasteiger partial charge in [0.25, 0.3) is 0 Å². The average molecular weight is 275 g/mol. The number of benzene rings is 1. The molecule has 1 heterocycles. The van der Waals surface area contributed by atoms with E-state index in [2.05, 4.69) is 4.98 Å². The molecule has 1 aromatic carbocycles. The van der Waals surface area contributed by atoms with Crippen LogP contribution < -0.4 is 0 Å². The van der Waals surface area contributed by atoms with E-state index < -0.39 is 12.1 Å². The first-order chi connectivity index (χ1) is 9.63. The maximum atomic E-state index is 12.3. The number of Topliss-reactive ketones (excluding diaryl/α,β-unsaturated/α-hetero) is 1. The summed E-state index contributed by atoms with van der Waals surface area (Å²) in [6.45, 7) is 3.64. The number of rotatable bonds is 6. The smallest absolute Gasteiger partial charge is 0.332 e. The fourth-order valence-electron chi connectivity index (χ4n) is 1.96. The van der Waals surface area contributed by atoms with Crippen LogP contribution >= 0.6 is 0 Å². The zero-order valence-electron chi connectivity index (χ0n) is 11.5. The van der Waals surface area contributed by atoms with Crippen molar-refractivity contribution >= 4 is 22.7 Å². The number of ether oxygens (including phenoxy) is 2. The molecule has 0 fully saturated rings. The normalized spacial score (nSPS) is 12.3. The fourth-order valence-corrected chi connectivity index (χ4v) is 1.96. The molecule has 0 saturated carbocycles. The van der Waals surface area contributed by atoms with Gasteiger partial charge in [0, 0.05) is 29.3 Å². The van der Waals surface area contributed by atoms with E-state index in [4.69, 9.17) is 9.47 Å². The lowest BCUT2D eigenvalue weighted by atomic mass is 10.1. The molecule has 1 N–H and O–H groups in total. The summed E-state index contributed by atoms with van der Waals surface area (Å²) in [7, 11) is 0. The molecule has 0 unspecified atom stereocenters. The number of aromatic amines is 1. The van der Waals surface area contributed by atoms with Crippen LogP contribution in [0.4, 0.5) is 0 Å². The molecule has 0 saturated heterocycles. The number of nitrogens with one attached hydrogen (secondary N) is 1. The number of esters is 1. The van der Waals surface area contributed by atoms with E-state index in [1.165, 1.54) is 0 Å². The van der Waals surface area contributed by atoms with Gasteiger partial charge in [-0.2, -0.15) is 0 Å². The van der Waals surface area contributed by atoms with E-state index in [-0.39, 0.29) is 12.4 Å². The van der Waals surface area contributed by atoms with Gasteiger partial charge in [0.1, 0.15) is 6.61 Å². The molecule has 1 atom stereocenters. The Morgan fingerprint density at radius 3 is 2.80 bits per heavy atom. The molecule has 2 rings (SSSR count). The standard InChI is InChI=1S/C15H17NO4/c1-3-19-9-14(17)20-10(2)15(18)12-8-16-13-7-5-4-6-11(12)13/h4-8,10,16H,3,9H2,1-2H3/t10-/m1/s1. The van der Waals surface area contributed by atoms with E-state index >= 15 is 0 Å². The Morgan fingerprint density at radius 2 is 2.05 bits per heavy atom. The van der Waals surface area contributed by atoms with Crippen LogP contribution in [0, 0.1) is 0 Å². The minimum Gasteiger partial charge on any atom is -0.453 e. The summed E-state index contributed by atoms with van der Waals surface area (Å²) in [5, 5.41) is 0.824. The number of hydrogen-bond acceptors (Lipinski definition) is 4. The molecular weight excluding hydrogens is 258 g/mol. The molecule has 0 bridgehead atoms. The van der Waals surface area contributed by atoms with Crippen molar-refractivity contribution in [1.82, 2.24) is 4.98 Å². The highest BCUT2D eigenvalue weighted by Gasteiger charge is 2.22. The summed E-state index contributed by atoms with van der Waals surface area (Å²) in [4.78, 5) is 26.8. The average Bonchev–Trinajstić information content (AvgIpc) is 2.88. The molecular formula is C15H17NO4. The molecule has 20 heavy (non-hydrogen) atoms. The summed E-state index contributed by atoms with van der Waals surface area (Å²) in [6, 6.07) is 7.49. The quantitative estimate of drug-likeness (QED) is 0.649. The first-order valence-corrected chi connectivity index (χ1v) is 6.51. The molecule has 0 aliphatic rings. The Balaban J connectivity index is 2.09. The molecule has 5 nitrogen and oxygen atoms in total. The van der Waals surface area contributed by atoms with Crippen LogP contribution in [0.1, 0.15) is 24.2 Å². The minimum atomic E-state index is -0.831. The molecule has 1 aromatic heterocycles. The first-order valence-electron chi connectivity index (χ1n) is 6.51. The summed E-state index contributed by atoms with van der Waals surface area (Å²) in [5.74, 6) is -0.764. The van der Waals surface area contributed by atoms with Crippen molar-refractivity contribution in [3.05, 3.63) is 36.0 Å². The van der Waals surface area contributed by atoms with E-state index in [0.29, 0.717) is 12.2 Å². The largest absolute Gasteiger partial charge is 0.453 e. The summed E-state index contributed by atoms with van der Waals surface area (Å²) >= 11 is 0. The van der Waals surface area contributed by atoms with Crippen molar-refractivity contribution < 1.29 is 19.1 Å². The van der Waals surface area contributed by atoms with Crippen LogP contribution in [0.15, 0.2) is 30.5 Å². The van der Waals surface area contributed by atoms with Gasteiger partial charge in [-0.1, -0.05) is 18.2 Å². The molecule has 0 amide bonds. The molecule has 2 aromatic rings. The van der Waals surface area contributed by atoms with E-state index in [1.54, 1.807) is 20.0 Å². The van der Waals surface area contributed by atoms with Crippen LogP contribution in [-0.4, -0.2) is 36.1 Å². The maximum Gasteiger partial charge on any atom is 0.332 e. The number of carbonyl (C=O) groups is 2. The van der Waals surface area contributed by atoms with Gasteiger partial charge in [0.15, 0.2) is 6.10 Å². The van der Waals surface area contributed by atoms with Gasteiger partial charge >= 0.3 is 5.97 Å². The van der Waals surface area contributed by atoms with Crippen molar-refractivity contribution in [1.29, 1.82) is 0 Å². The predicted octanol–water partition coefficient (Wildman–Crippen LogP) is 2.32. The number of fused-ring (bicyclic) bond motifs is 1. The highest BCUT2D eigenvalue weighted by molar-refractivity contribution is 6.10. The third-order valence-electron chi connectivity index (χ3n) is 2.96. The Hall–Kier alpha value is -2.14. The van der Waals surface area contributed by atoms with Gasteiger partial charge in [0.05, 0.1) is 0 Å². The van der Waals surface area contributed by atoms with Gasteiger partial charge < -0.3 is 14.5 Å². The second-order valence-electron chi connectivity index (χ2n) is 4.38. The summed E-state index contributed by atoms with van der Waals surface area (Å²) in [6.07, 6.45) is 0.807. The zero-order chi connectivity index (χ0) is 14.5. The zero-order valence-corrected chi connectivity index (χ0v) is 11.5. The number of aromatic nitrogens is 1. The topological polar surface area (TPSA) is 68.4 Å². The van der Waals surface area contributed by atoms with Crippen molar-refractivity contribution in [2.75, 3.05) is 13.2 Å². The Labute approximate surface area is 116 Å². The number of H-pyrrole nitrogens is 1. The van der Waals surface area contributed by atoms with E-state index in [1.807, 2.05) is 24.3 Å². The lowest BCUT2D eigenvalue weighted by Gasteiger charge is -2.11. The number of hydrogen-bond donors (Lipinski definition) is 1. The van der Waals surface area contributed by atoms with Gasteiger partial charge in [-0.25, -0.2) is 4.79 Å². The third-order valence-corrected chi connectivity index (χ3v) is 2.96. The van der Waals surface area contributed by atoms with Gasteiger partial charge in [-0.15, -0.1) is 0 Å². The third kappa shape index (κ3) is 3.05. The predicted molar refractivity (Wildman–Crippen MR) is 74.7 cm³/mol. The number of para-hydroxylation sites is 1. The van der Waals surface area contributed by atoms with Crippen LogP contribution in [0.2, 0.25) is 0 Å². The minimum absolute atomic E-state index is 0.137. The Morgan fingerprint density at radius 1 is 1.30 bits per heavy atom. The molecule has 5 heteroatoms.